The quantitative estimate of drug-likeness (QED) is 0.571. The van der Waals surface area contributed by atoms with Crippen LogP contribution in [0.1, 0.15) is 25.5 Å². The molecule has 0 aliphatic rings. The minimum absolute atomic E-state index is 0.0447. The minimum atomic E-state index is -3.57. The van der Waals surface area contributed by atoms with Crippen LogP contribution in [0, 0.1) is 5.82 Å². The molecule has 2 aromatic heterocycles. The van der Waals surface area contributed by atoms with Crippen molar-refractivity contribution in [2.24, 2.45) is 0 Å². The van der Waals surface area contributed by atoms with Crippen LogP contribution in [0.4, 0.5) is 21.6 Å². The first kappa shape index (κ1) is 22.7. The number of hydrogen-bond donors (Lipinski definition) is 2. The molecule has 8 nitrogen and oxygen atoms in total. The monoisotopic (exact) mass is 465 g/mol. The predicted molar refractivity (Wildman–Crippen MR) is 120 cm³/mol. The molecular weight excluding hydrogens is 445 g/mol. The predicted octanol–water partition coefficient (Wildman–Crippen LogP) is 3.89. The molecule has 0 bridgehead atoms. The zero-order valence-corrected chi connectivity index (χ0v) is 18.8. The van der Waals surface area contributed by atoms with Gasteiger partial charge < -0.3 is 10.3 Å². The molecule has 0 radical (unpaired) electrons. The van der Waals surface area contributed by atoms with Gasteiger partial charge >= 0.3 is 0 Å². The van der Waals surface area contributed by atoms with Crippen molar-refractivity contribution in [3.8, 4) is 11.1 Å². The summed E-state index contributed by atoms with van der Waals surface area (Å²) in [6.07, 6.45) is 3.68. The van der Waals surface area contributed by atoms with Gasteiger partial charge in [-0.25, -0.2) is 22.8 Å². The highest BCUT2D eigenvalue weighted by Gasteiger charge is 2.20. The second-order valence-corrected chi connectivity index (χ2v) is 9.68. The molecule has 0 spiro atoms. The van der Waals surface area contributed by atoms with Crippen LogP contribution in [0.25, 0.3) is 11.1 Å². The van der Waals surface area contributed by atoms with Crippen LogP contribution in [0.15, 0.2) is 41.6 Å². The molecule has 11 heteroatoms. The highest BCUT2D eigenvalue weighted by molar-refractivity contribution is 7.92. The number of halogens is 2. The van der Waals surface area contributed by atoms with Crippen LogP contribution in [-0.2, 0) is 10.0 Å². The van der Waals surface area contributed by atoms with E-state index in [0.29, 0.717) is 11.4 Å². The van der Waals surface area contributed by atoms with Crippen LogP contribution < -0.4 is 15.2 Å². The van der Waals surface area contributed by atoms with Gasteiger partial charge in [0.2, 0.25) is 10.0 Å². The summed E-state index contributed by atoms with van der Waals surface area (Å²) in [5.74, 6) is -0.501. The number of nitrogens with zero attached hydrogens (tertiary/aromatic N) is 3. The first-order chi connectivity index (χ1) is 14.5. The zero-order chi connectivity index (χ0) is 22.9. The van der Waals surface area contributed by atoms with Gasteiger partial charge in [-0.05, 0) is 30.2 Å². The molecule has 3 aromatic rings. The zero-order valence-electron chi connectivity index (χ0n) is 17.3. The van der Waals surface area contributed by atoms with Crippen LogP contribution >= 0.6 is 11.6 Å². The normalized spacial score (nSPS) is 11.6. The molecular formula is C20H21ClFN5O3S. The summed E-state index contributed by atoms with van der Waals surface area (Å²) in [7, 11) is -2.20. The number of H-pyrrole nitrogens is 1. The lowest BCUT2D eigenvalue weighted by Crippen LogP contribution is -2.26. The summed E-state index contributed by atoms with van der Waals surface area (Å²) in [6.45, 7) is 3.75. The number of pyridine rings is 1. The van der Waals surface area contributed by atoms with Crippen LogP contribution in [0.3, 0.4) is 0 Å². The summed E-state index contributed by atoms with van der Waals surface area (Å²) in [4.78, 5) is 23.5. The Balaban J connectivity index is 2.19. The Hall–Kier alpha value is -2.98. The lowest BCUT2D eigenvalue weighted by molar-refractivity contribution is 0.600. The summed E-state index contributed by atoms with van der Waals surface area (Å²) in [5.41, 5.74) is 0.823. The van der Waals surface area contributed by atoms with Gasteiger partial charge in [-0.1, -0.05) is 25.4 Å². The fourth-order valence-corrected chi connectivity index (χ4v) is 3.63. The van der Waals surface area contributed by atoms with E-state index in [9.17, 15) is 17.6 Å². The fourth-order valence-electron chi connectivity index (χ4n) is 2.96. The molecule has 31 heavy (non-hydrogen) atoms. The Bertz CT molecular complexity index is 1290. The third kappa shape index (κ3) is 4.86. The van der Waals surface area contributed by atoms with Crippen LogP contribution in [0.2, 0.25) is 5.02 Å². The van der Waals surface area contributed by atoms with E-state index < -0.39 is 21.4 Å². The summed E-state index contributed by atoms with van der Waals surface area (Å²) in [5, 5.41) is 3.35. The summed E-state index contributed by atoms with van der Waals surface area (Å²) in [6, 6.07) is 5.44. The van der Waals surface area contributed by atoms with Crippen molar-refractivity contribution in [2.45, 2.75) is 19.8 Å². The SMILES string of the molecule is CC(C)c1[nH]c(=O)c(-c2cc(Cl)ccc2F)cc1Nc1ncncc1N(C)S(C)(=O)=O. The van der Waals surface area contributed by atoms with Crippen molar-refractivity contribution in [3.63, 3.8) is 0 Å². The van der Waals surface area contributed by atoms with Crippen molar-refractivity contribution >= 4 is 38.8 Å². The van der Waals surface area contributed by atoms with E-state index in [4.69, 9.17) is 11.6 Å². The minimum Gasteiger partial charge on any atom is -0.337 e. The van der Waals surface area contributed by atoms with Gasteiger partial charge in [-0.3, -0.25) is 9.10 Å². The van der Waals surface area contributed by atoms with Crippen molar-refractivity contribution in [1.29, 1.82) is 0 Å². The van der Waals surface area contributed by atoms with Gasteiger partial charge in [0, 0.05) is 23.3 Å². The number of sulfonamides is 1. The van der Waals surface area contributed by atoms with E-state index in [1.165, 1.54) is 43.8 Å². The molecule has 0 aliphatic heterocycles. The topological polar surface area (TPSA) is 108 Å². The Kier molecular flexibility index (Phi) is 6.33. The fraction of sp³-hybridized carbons (Fsp3) is 0.250. The molecule has 0 unspecified atom stereocenters. The second-order valence-electron chi connectivity index (χ2n) is 7.23. The van der Waals surface area contributed by atoms with Crippen LogP contribution in [0.5, 0.6) is 0 Å². The number of anilines is 3. The molecule has 0 amide bonds. The van der Waals surface area contributed by atoms with Crippen molar-refractivity contribution < 1.29 is 12.8 Å². The molecule has 0 atom stereocenters. The Morgan fingerprint density at radius 3 is 2.58 bits per heavy atom. The lowest BCUT2D eigenvalue weighted by atomic mass is 10.0. The second kappa shape index (κ2) is 8.64. The highest BCUT2D eigenvalue weighted by Crippen LogP contribution is 2.32. The third-order valence-electron chi connectivity index (χ3n) is 4.65. The maximum Gasteiger partial charge on any atom is 0.256 e. The number of hydrogen-bond acceptors (Lipinski definition) is 6. The van der Waals surface area contributed by atoms with Crippen LogP contribution in [-0.4, -0.2) is 36.7 Å². The molecule has 0 saturated heterocycles. The molecule has 164 valence electrons. The van der Waals surface area contributed by atoms with Gasteiger partial charge in [-0.2, -0.15) is 0 Å². The van der Waals surface area contributed by atoms with Crippen molar-refractivity contribution in [2.75, 3.05) is 22.9 Å². The van der Waals surface area contributed by atoms with E-state index in [1.54, 1.807) is 0 Å². The summed E-state index contributed by atoms with van der Waals surface area (Å²) >= 11 is 5.99. The maximum absolute atomic E-state index is 14.4. The molecule has 1 aromatic carbocycles. The van der Waals surface area contributed by atoms with Crippen molar-refractivity contribution in [1.82, 2.24) is 15.0 Å². The number of aromatic nitrogens is 3. The van der Waals surface area contributed by atoms with Gasteiger partial charge in [-0.15, -0.1) is 0 Å². The average Bonchev–Trinajstić information content (AvgIpc) is 2.70. The maximum atomic E-state index is 14.4. The van der Waals surface area contributed by atoms with Gasteiger partial charge in [0.15, 0.2) is 5.82 Å². The van der Waals surface area contributed by atoms with E-state index in [0.717, 1.165) is 10.6 Å². The molecule has 0 aliphatic carbocycles. The molecule has 0 saturated carbocycles. The van der Waals surface area contributed by atoms with E-state index in [1.807, 2.05) is 13.8 Å². The average molecular weight is 466 g/mol. The number of rotatable bonds is 6. The summed E-state index contributed by atoms with van der Waals surface area (Å²) < 4.78 is 39.5. The number of nitrogens with one attached hydrogen (secondary N) is 2. The molecule has 2 heterocycles. The van der Waals surface area contributed by atoms with E-state index in [2.05, 4.69) is 20.3 Å². The Labute approximate surface area is 184 Å². The van der Waals surface area contributed by atoms with E-state index in [-0.39, 0.29) is 33.6 Å². The Morgan fingerprint density at radius 2 is 1.94 bits per heavy atom. The number of aromatic amines is 1. The Morgan fingerprint density at radius 1 is 1.23 bits per heavy atom. The largest absolute Gasteiger partial charge is 0.337 e. The molecule has 0 fully saturated rings. The standard InChI is InChI=1S/C20H21ClFN5O3S/c1-11(2)18-16(25-19-17(9-23-10-24-19)27(3)31(4,29)30)8-14(20(28)26-18)13-7-12(21)5-6-15(13)22/h5-11H,1-4H3,(H,26,28)(H,23,24,25). The molecule has 2 N–H and O–H groups in total. The van der Waals surface area contributed by atoms with E-state index >= 15 is 0 Å². The highest BCUT2D eigenvalue weighted by atomic mass is 35.5. The molecule has 3 rings (SSSR count). The van der Waals surface area contributed by atoms with Crippen molar-refractivity contribution in [3.05, 3.63) is 63.7 Å². The van der Waals surface area contributed by atoms with Gasteiger partial charge in [0.25, 0.3) is 5.56 Å². The van der Waals surface area contributed by atoms with Gasteiger partial charge in [0.1, 0.15) is 17.8 Å². The lowest BCUT2D eigenvalue weighted by Gasteiger charge is -2.21. The number of benzene rings is 1. The third-order valence-corrected chi connectivity index (χ3v) is 6.08. The van der Waals surface area contributed by atoms with Gasteiger partial charge in [0.05, 0.1) is 23.7 Å². The smallest absolute Gasteiger partial charge is 0.256 e. The first-order valence-electron chi connectivity index (χ1n) is 9.22. The first-order valence-corrected chi connectivity index (χ1v) is 11.4.